The van der Waals surface area contributed by atoms with Gasteiger partial charge in [0.15, 0.2) is 5.78 Å². The van der Waals surface area contributed by atoms with Crippen molar-refractivity contribution in [2.75, 3.05) is 20.6 Å². The Hall–Kier alpha value is -2.24. The van der Waals surface area contributed by atoms with Crippen molar-refractivity contribution in [3.63, 3.8) is 0 Å². The second-order valence-electron chi connectivity index (χ2n) is 7.53. The molecule has 0 aliphatic carbocycles. The first-order valence-corrected chi connectivity index (χ1v) is 10.0. The molecule has 0 bridgehead atoms. The first-order chi connectivity index (χ1) is 13.6. The van der Waals surface area contributed by atoms with Crippen LogP contribution in [0.25, 0.3) is 0 Å². The van der Waals surface area contributed by atoms with E-state index >= 15 is 0 Å². The molecule has 2 aromatic carbocycles. The molecule has 0 aliphatic heterocycles. The third-order valence-corrected chi connectivity index (χ3v) is 5.50. The molecule has 6 heteroatoms. The van der Waals surface area contributed by atoms with E-state index in [2.05, 4.69) is 5.32 Å². The molecule has 0 saturated carbocycles. The molecule has 1 N–H and O–H groups in total. The molecule has 156 valence electrons. The van der Waals surface area contributed by atoms with Crippen molar-refractivity contribution in [3.05, 3.63) is 69.0 Å². The highest BCUT2D eigenvalue weighted by molar-refractivity contribution is 6.30. The number of benzene rings is 2. The lowest BCUT2D eigenvalue weighted by atomic mass is 9.92. The number of nitrogens with one attached hydrogen (secondary N) is 1. The third-order valence-electron chi connectivity index (χ3n) is 5.19. The van der Waals surface area contributed by atoms with Gasteiger partial charge in [-0.3, -0.25) is 9.59 Å². The highest BCUT2D eigenvalue weighted by Crippen LogP contribution is 2.21. The Balaban J connectivity index is 2.13. The van der Waals surface area contributed by atoms with Crippen LogP contribution in [0.5, 0.6) is 0 Å². The van der Waals surface area contributed by atoms with Crippen LogP contribution >= 0.6 is 11.6 Å². The Labute approximate surface area is 177 Å². The van der Waals surface area contributed by atoms with Gasteiger partial charge in [-0.2, -0.15) is 0 Å². The molecule has 0 fully saturated rings. The van der Waals surface area contributed by atoms with Crippen molar-refractivity contribution in [2.24, 2.45) is 0 Å². The van der Waals surface area contributed by atoms with Gasteiger partial charge in [-0.1, -0.05) is 18.5 Å². The first kappa shape index (κ1) is 23.0. The summed E-state index contributed by atoms with van der Waals surface area (Å²) in [5.74, 6) is -0.824. The van der Waals surface area contributed by atoms with E-state index in [0.29, 0.717) is 13.0 Å². The van der Waals surface area contributed by atoms with Crippen LogP contribution < -0.4 is 5.32 Å². The van der Waals surface area contributed by atoms with Crippen molar-refractivity contribution >= 4 is 23.3 Å². The molecular formula is C23H28ClFN2O2. The molecular weight excluding hydrogens is 391 g/mol. The quantitative estimate of drug-likeness (QED) is 0.638. The van der Waals surface area contributed by atoms with E-state index in [-0.39, 0.29) is 28.3 Å². The number of halogens is 2. The van der Waals surface area contributed by atoms with Gasteiger partial charge in [0.1, 0.15) is 5.82 Å². The Morgan fingerprint density at radius 2 is 1.72 bits per heavy atom. The van der Waals surface area contributed by atoms with Crippen molar-refractivity contribution < 1.29 is 14.0 Å². The summed E-state index contributed by atoms with van der Waals surface area (Å²) in [4.78, 5) is 26.5. The maximum Gasteiger partial charge on any atom is 0.251 e. The van der Waals surface area contributed by atoms with Gasteiger partial charge in [-0.15, -0.1) is 0 Å². The normalized spacial score (nSPS) is 12.1. The van der Waals surface area contributed by atoms with E-state index in [1.807, 2.05) is 51.9 Å². The Morgan fingerprint density at radius 3 is 2.24 bits per heavy atom. The van der Waals surface area contributed by atoms with Crippen molar-refractivity contribution in [2.45, 2.75) is 39.7 Å². The van der Waals surface area contributed by atoms with Crippen LogP contribution in [0.1, 0.15) is 50.8 Å². The fourth-order valence-electron chi connectivity index (χ4n) is 3.30. The molecule has 1 atom stereocenters. The topological polar surface area (TPSA) is 49.4 Å². The number of carbonyl (C=O) groups excluding carboxylic acids is 2. The molecule has 0 heterocycles. The molecule has 0 spiro atoms. The second-order valence-corrected chi connectivity index (χ2v) is 7.93. The number of likely N-dealkylation sites (N-methyl/N-ethyl adjacent to an activating group) is 1. The second kappa shape index (κ2) is 9.99. The summed E-state index contributed by atoms with van der Waals surface area (Å²) in [6.45, 7) is 6.29. The number of ketones is 1. The van der Waals surface area contributed by atoms with Gasteiger partial charge in [0, 0.05) is 30.1 Å². The average Bonchev–Trinajstić information content (AvgIpc) is 2.67. The minimum Gasteiger partial charge on any atom is -0.350 e. The average molecular weight is 419 g/mol. The highest BCUT2D eigenvalue weighted by Gasteiger charge is 2.18. The Morgan fingerprint density at radius 1 is 1.10 bits per heavy atom. The summed E-state index contributed by atoms with van der Waals surface area (Å²) in [5.41, 5.74) is 4.28. The van der Waals surface area contributed by atoms with Crippen LogP contribution in [0.4, 0.5) is 4.39 Å². The van der Waals surface area contributed by atoms with E-state index in [1.165, 1.54) is 17.7 Å². The Bertz CT molecular complexity index is 889. The predicted molar refractivity (Wildman–Crippen MR) is 115 cm³/mol. The number of rotatable bonds is 8. The number of Topliss-reactive ketones (excluding diaryl/α,β-unsaturated/α-hetero) is 1. The number of hydrogen-bond donors (Lipinski definition) is 1. The van der Waals surface area contributed by atoms with E-state index in [0.717, 1.165) is 29.2 Å². The van der Waals surface area contributed by atoms with Gasteiger partial charge < -0.3 is 10.2 Å². The van der Waals surface area contributed by atoms with E-state index in [9.17, 15) is 14.0 Å². The number of hydrogen-bond acceptors (Lipinski definition) is 3. The fourth-order valence-corrected chi connectivity index (χ4v) is 3.42. The van der Waals surface area contributed by atoms with Crippen LogP contribution in [-0.4, -0.2) is 43.3 Å². The van der Waals surface area contributed by atoms with Crippen LogP contribution in [0.15, 0.2) is 30.3 Å². The minimum atomic E-state index is -0.614. The summed E-state index contributed by atoms with van der Waals surface area (Å²) in [6.07, 6.45) is 1.20. The van der Waals surface area contributed by atoms with E-state index < -0.39 is 5.82 Å². The number of aryl methyl sites for hydroxylation is 2. The zero-order valence-corrected chi connectivity index (χ0v) is 18.4. The maximum atomic E-state index is 13.6. The summed E-state index contributed by atoms with van der Waals surface area (Å²) < 4.78 is 13.6. The Kier molecular flexibility index (Phi) is 7.94. The molecule has 0 unspecified atom stereocenters. The molecule has 0 saturated heterocycles. The molecule has 0 aromatic heterocycles. The number of nitrogens with zero attached hydrogens (tertiary/aromatic N) is 1. The van der Waals surface area contributed by atoms with Crippen LogP contribution in [0.3, 0.4) is 0 Å². The molecule has 4 nitrogen and oxygen atoms in total. The first-order valence-electron chi connectivity index (χ1n) is 9.67. The molecule has 0 radical (unpaired) electrons. The minimum absolute atomic E-state index is 0.0105. The van der Waals surface area contributed by atoms with Gasteiger partial charge in [0.25, 0.3) is 5.91 Å². The molecule has 0 aliphatic rings. The molecule has 2 aromatic rings. The van der Waals surface area contributed by atoms with Gasteiger partial charge in [-0.05, 0) is 81.4 Å². The van der Waals surface area contributed by atoms with Gasteiger partial charge >= 0.3 is 0 Å². The zero-order chi connectivity index (χ0) is 21.7. The monoisotopic (exact) mass is 418 g/mol. The third kappa shape index (κ3) is 5.87. The van der Waals surface area contributed by atoms with Crippen molar-refractivity contribution in [1.29, 1.82) is 0 Å². The standard InChI is InChI=1S/C23H28ClFN2O2/c1-6-22(28)17-9-14(2)19(15(3)10-17)12-18(27(4)5)13-26-23(29)16-7-8-20(24)21(25)11-16/h7-11,18H,6,12-13H2,1-5H3,(H,26,29)/t18-/m0/s1. The van der Waals surface area contributed by atoms with Gasteiger partial charge in [0.2, 0.25) is 0 Å². The summed E-state index contributed by atoms with van der Waals surface area (Å²) in [6, 6.07) is 7.94. The van der Waals surface area contributed by atoms with E-state index in [1.54, 1.807) is 0 Å². The molecule has 2 rings (SSSR count). The van der Waals surface area contributed by atoms with Crippen LogP contribution in [0.2, 0.25) is 5.02 Å². The fraction of sp³-hybridized carbons (Fsp3) is 0.391. The lowest BCUT2D eigenvalue weighted by molar-refractivity contribution is 0.0939. The molecule has 1 amide bonds. The number of carbonyl (C=O) groups is 2. The lowest BCUT2D eigenvalue weighted by Crippen LogP contribution is -2.41. The largest absolute Gasteiger partial charge is 0.350 e. The summed E-state index contributed by atoms with van der Waals surface area (Å²) in [7, 11) is 3.91. The van der Waals surface area contributed by atoms with E-state index in [4.69, 9.17) is 11.6 Å². The highest BCUT2D eigenvalue weighted by atomic mass is 35.5. The zero-order valence-electron chi connectivity index (χ0n) is 17.6. The van der Waals surface area contributed by atoms with Crippen LogP contribution in [0, 0.1) is 19.7 Å². The summed E-state index contributed by atoms with van der Waals surface area (Å²) in [5, 5.41) is 2.87. The maximum absolute atomic E-state index is 13.6. The predicted octanol–water partition coefficient (Wildman–Crippen LogP) is 4.59. The SMILES string of the molecule is CCC(=O)c1cc(C)c(C[C@@H](CNC(=O)c2ccc(Cl)c(F)c2)N(C)C)c(C)c1. The molecule has 29 heavy (non-hydrogen) atoms. The van der Waals surface area contributed by atoms with Crippen molar-refractivity contribution in [1.82, 2.24) is 10.2 Å². The lowest BCUT2D eigenvalue weighted by Gasteiger charge is -2.26. The van der Waals surface area contributed by atoms with Crippen molar-refractivity contribution in [3.8, 4) is 0 Å². The number of amides is 1. The summed E-state index contributed by atoms with van der Waals surface area (Å²) >= 11 is 5.68. The van der Waals surface area contributed by atoms with Crippen LogP contribution in [-0.2, 0) is 6.42 Å². The smallest absolute Gasteiger partial charge is 0.251 e. The van der Waals surface area contributed by atoms with Gasteiger partial charge in [-0.25, -0.2) is 4.39 Å². The van der Waals surface area contributed by atoms with Gasteiger partial charge in [0.05, 0.1) is 5.02 Å².